The van der Waals surface area contributed by atoms with Gasteiger partial charge in [0.15, 0.2) is 0 Å². The largest absolute Gasteiger partial charge is 0.481 e. The first-order valence-corrected chi connectivity index (χ1v) is 8.22. The van der Waals surface area contributed by atoms with Crippen molar-refractivity contribution in [3.63, 3.8) is 0 Å². The van der Waals surface area contributed by atoms with Crippen LogP contribution in [0, 0.1) is 0 Å². The molecule has 1 aliphatic heterocycles. The molecular formula is C17H24ClNO2. The molecule has 1 saturated heterocycles. The van der Waals surface area contributed by atoms with Gasteiger partial charge >= 0.3 is 5.97 Å². The van der Waals surface area contributed by atoms with Crippen molar-refractivity contribution in [3.05, 3.63) is 34.9 Å². The molecule has 3 nitrogen and oxygen atoms in total. The van der Waals surface area contributed by atoms with Crippen LogP contribution in [0.4, 0.5) is 0 Å². The zero-order chi connectivity index (χ0) is 15.2. The van der Waals surface area contributed by atoms with Gasteiger partial charge in [-0.15, -0.1) is 0 Å². The lowest BCUT2D eigenvalue weighted by Gasteiger charge is -2.41. The number of nitrogens with zero attached hydrogens (tertiary/aromatic N) is 1. The van der Waals surface area contributed by atoms with Crippen LogP contribution in [0.15, 0.2) is 24.3 Å². The van der Waals surface area contributed by atoms with Crippen molar-refractivity contribution in [1.82, 2.24) is 4.90 Å². The molecule has 0 radical (unpaired) electrons. The van der Waals surface area contributed by atoms with Gasteiger partial charge < -0.3 is 5.11 Å². The summed E-state index contributed by atoms with van der Waals surface area (Å²) in [6.07, 6.45) is 5.52. The smallest absolute Gasteiger partial charge is 0.303 e. The van der Waals surface area contributed by atoms with E-state index in [0.29, 0.717) is 12.1 Å². The Hall–Kier alpha value is -1.06. The quantitative estimate of drug-likeness (QED) is 0.840. The summed E-state index contributed by atoms with van der Waals surface area (Å²) in [7, 11) is 0. The number of hydrogen-bond donors (Lipinski definition) is 1. The standard InChI is InChI=1S/C17H24ClNO2/c1-2-16(13-6-5-7-14(18)12-13)19-11-4-3-8-15(19)9-10-17(20)21/h5-7,12,15-16H,2-4,8-11H2,1H3,(H,20,21). The molecular weight excluding hydrogens is 286 g/mol. The molecule has 116 valence electrons. The van der Waals surface area contributed by atoms with E-state index >= 15 is 0 Å². The van der Waals surface area contributed by atoms with Crippen LogP contribution < -0.4 is 0 Å². The Kier molecular flexibility index (Phi) is 6.07. The number of likely N-dealkylation sites (tertiary alicyclic amines) is 1. The molecule has 1 aromatic rings. The third kappa shape index (κ3) is 4.45. The lowest BCUT2D eigenvalue weighted by atomic mass is 9.92. The van der Waals surface area contributed by atoms with Crippen molar-refractivity contribution in [2.45, 2.75) is 57.5 Å². The predicted molar refractivity (Wildman–Crippen MR) is 85.7 cm³/mol. The van der Waals surface area contributed by atoms with Crippen molar-refractivity contribution in [3.8, 4) is 0 Å². The Labute approximate surface area is 131 Å². The highest BCUT2D eigenvalue weighted by Crippen LogP contribution is 2.33. The van der Waals surface area contributed by atoms with E-state index in [1.54, 1.807) is 0 Å². The molecule has 4 heteroatoms. The van der Waals surface area contributed by atoms with Gasteiger partial charge in [-0.2, -0.15) is 0 Å². The molecule has 0 amide bonds. The summed E-state index contributed by atoms with van der Waals surface area (Å²) in [4.78, 5) is 13.4. The third-order valence-electron chi connectivity index (χ3n) is 4.38. The lowest BCUT2D eigenvalue weighted by Crippen LogP contribution is -2.42. The number of carboxylic acid groups (broad SMARTS) is 1. The maximum absolute atomic E-state index is 10.9. The second-order valence-electron chi connectivity index (χ2n) is 5.80. The monoisotopic (exact) mass is 309 g/mol. The number of carbonyl (C=O) groups is 1. The topological polar surface area (TPSA) is 40.5 Å². The molecule has 2 rings (SSSR count). The second-order valence-corrected chi connectivity index (χ2v) is 6.24. The van der Waals surface area contributed by atoms with Crippen molar-refractivity contribution in [2.24, 2.45) is 0 Å². The van der Waals surface area contributed by atoms with Crippen LogP contribution in [0.3, 0.4) is 0 Å². The summed E-state index contributed by atoms with van der Waals surface area (Å²) >= 11 is 6.13. The lowest BCUT2D eigenvalue weighted by molar-refractivity contribution is -0.137. The molecule has 0 bridgehead atoms. The minimum atomic E-state index is -0.698. The van der Waals surface area contributed by atoms with Crippen LogP contribution in [0.1, 0.15) is 57.1 Å². The van der Waals surface area contributed by atoms with Gasteiger partial charge in [0.1, 0.15) is 0 Å². The van der Waals surface area contributed by atoms with Gasteiger partial charge in [-0.3, -0.25) is 9.69 Å². The zero-order valence-corrected chi connectivity index (χ0v) is 13.4. The Morgan fingerprint density at radius 1 is 1.48 bits per heavy atom. The number of carboxylic acids is 1. The van der Waals surface area contributed by atoms with Gasteiger partial charge in [-0.05, 0) is 49.9 Å². The summed E-state index contributed by atoms with van der Waals surface area (Å²) in [5, 5.41) is 9.71. The van der Waals surface area contributed by atoms with E-state index in [2.05, 4.69) is 17.9 Å². The van der Waals surface area contributed by atoms with Crippen molar-refractivity contribution in [2.75, 3.05) is 6.54 Å². The van der Waals surface area contributed by atoms with Crippen LogP contribution in [0.5, 0.6) is 0 Å². The molecule has 2 unspecified atom stereocenters. The van der Waals surface area contributed by atoms with E-state index in [1.807, 2.05) is 18.2 Å². The minimum Gasteiger partial charge on any atom is -0.481 e. The normalized spacial score (nSPS) is 21.1. The van der Waals surface area contributed by atoms with Gasteiger partial charge in [-0.1, -0.05) is 37.1 Å². The summed E-state index contributed by atoms with van der Waals surface area (Å²) in [6.45, 7) is 3.24. The molecule has 1 N–H and O–H groups in total. The highest BCUT2D eigenvalue weighted by Gasteiger charge is 2.29. The summed E-state index contributed by atoms with van der Waals surface area (Å²) in [5.74, 6) is -0.698. The molecule has 0 aromatic heterocycles. The van der Waals surface area contributed by atoms with E-state index in [4.69, 9.17) is 16.7 Å². The van der Waals surface area contributed by atoms with Gasteiger partial charge in [0.25, 0.3) is 0 Å². The van der Waals surface area contributed by atoms with Crippen molar-refractivity contribution >= 4 is 17.6 Å². The summed E-state index contributed by atoms with van der Waals surface area (Å²) in [6, 6.07) is 8.77. The molecule has 0 saturated carbocycles. The molecule has 1 aliphatic rings. The maximum Gasteiger partial charge on any atom is 0.303 e. The van der Waals surface area contributed by atoms with Crippen LogP contribution in [-0.4, -0.2) is 28.6 Å². The molecule has 0 spiro atoms. The molecule has 1 fully saturated rings. The van der Waals surface area contributed by atoms with Crippen LogP contribution >= 0.6 is 11.6 Å². The van der Waals surface area contributed by atoms with Crippen LogP contribution in [-0.2, 0) is 4.79 Å². The van der Waals surface area contributed by atoms with Crippen LogP contribution in [0.25, 0.3) is 0 Å². The van der Waals surface area contributed by atoms with Crippen LogP contribution in [0.2, 0.25) is 5.02 Å². The van der Waals surface area contributed by atoms with E-state index in [9.17, 15) is 4.79 Å². The highest BCUT2D eigenvalue weighted by atomic mass is 35.5. The molecule has 1 heterocycles. The SMILES string of the molecule is CCC(c1cccc(Cl)c1)N1CCCCC1CCC(=O)O. The zero-order valence-electron chi connectivity index (χ0n) is 12.6. The van der Waals surface area contributed by atoms with Crippen molar-refractivity contribution < 1.29 is 9.90 Å². The fourth-order valence-corrected chi connectivity index (χ4v) is 3.61. The number of benzene rings is 1. The fourth-order valence-electron chi connectivity index (χ4n) is 3.41. The van der Waals surface area contributed by atoms with E-state index in [1.165, 1.54) is 18.4 Å². The van der Waals surface area contributed by atoms with Gasteiger partial charge in [0.2, 0.25) is 0 Å². The average Bonchev–Trinajstić information content (AvgIpc) is 2.47. The van der Waals surface area contributed by atoms with E-state index < -0.39 is 5.97 Å². The Morgan fingerprint density at radius 2 is 2.29 bits per heavy atom. The highest BCUT2D eigenvalue weighted by molar-refractivity contribution is 6.30. The average molecular weight is 310 g/mol. The molecule has 21 heavy (non-hydrogen) atoms. The minimum absolute atomic E-state index is 0.257. The maximum atomic E-state index is 10.9. The van der Waals surface area contributed by atoms with E-state index in [0.717, 1.165) is 30.8 Å². The second kappa shape index (κ2) is 7.81. The number of rotatable bonds is 6. The Bertz CT molecular complexity index is 478. The third-order valence-corrected chi connectivity index (χ3v) is 4.62. The first-order chi connectivity index (χ1) is 10.1. The Balaban J connectivity index is 2.15. The summed E-state index contributed by atoms with van der Waals surface area (Å²) < 4.78 is 0. The number of aliphatic carboxylic acids is 1. The van der Waals surface area contributed by atoms with Gasteiger partial charge in [0.05, 0.1) is 0 Å². The number of halogens is 1. The molecule has 0 aliphatic carbocycles. The van der Waals surface area contributed by atoms with Crippen molar-refractivity contribution in [1.29, 1.82) is 0 Å². The van der Waals surface area contributed by atoms with E-state index in [-0.39, 0.29) is 6.42 Å². The molecule has 1 aromatic carbocycles. The number of hydrogen-bond acceptors (Lipinski definition) is 2. The Morgan fingerprint density at radius 3 is 2.95 bits per heavy atom. The summed E-state index contributed by atoms with van der Waals surface area (Å²) in [5.41, 5.74) is 1.24. The van der Waals surface area contributed by atoms with Gasteiger partial charge in [-0.25, -0.2) is 0 Å². The molecule has 2 atom stereocenters. The first kappa shape index (κ1) is 16.3. The fraction of sp³-hybridized carbons (Fsp3) is 0.588. The predicted octanol–water partition coefficient (Wildman–Crippen LogP) is 4.51. The van der Waals surface area contributed by atoms with Gasteiger partial charge in [0, 0.05) is 23.5 Å². The first-order valence-electron chi connectivity index (χ1n) is 7.84. The number of piperidine rings is 1.